The quantitative estimate of drug-likeness (QED) is 0.837. The summed E-state index contributed by atoms with van der Waals surface area (Å²) in [6.07, 6.45) is 1.15. The van der Waals surface area contributed by atoms with Gasteiger partial charge in [-0.3, -0.25) is 0 Å². The summed E-state index contributed by atoms with van der Waals surface area (Å²) in [6, 6.07) is 3.53. The van der Waals surface area contributed by atoms with Crippen LogP contribution in [0, 0.1) is 0 Å². The van der Waals surface area contributed by atoms with Crippen LogP contribution >= 0.6 is 11.6 Å². The van der Waals surface area contributed by atoms with Gasteiger partial charge in [0.1, 0.15) is 10.8 Å². The van der Waals surface area contributed by atoms with Gasteiger partial charge in [0.2, 0.25) is 0 Å². The van der Waals surface area contributed by atoms with Gasteiger partial charge in [-0.15, -0.1) is 0 Å². The molecule has 0 bridgehead atoms. The summed E-state index contributed by atoms with van der Waals surface area (Å²) in [5.41, 5.74) is -0.223. The van der Waals surface area contributed by atoms with E-state index in [-0.39, 0.29) is 0 Å². The van der Waals surface area contributed by atoms with E-state index in [1.165, 1.54) is 0 Å². The number of carbonyl (C=O) groups is 1. The van der Waals surface area contributed by atoms with Crippen LogP contribution in [0.25, 0.3) is 0 Å². The van der Waals surface area contributed by atoms with Crippen molar-refractivity contribution in [3.63, 3.8) is 0 Å². The number of alkyl carbamates (subject to hydrolysis) is 1. The predicted octanol–water partition coefficient (Wildman–Crippen LogP) is 3.49. The summed E-state index contributed by atoms with van der Waals surface area (Å²) in [5.74, 6) is 0. The molecule has 0 aliphatic carbocycles. The second-order valence-corrected chi connectivity index (χ2v) is 6.01. The van der Waals surface area contributed by atoms with Crippen molar-refractivity contribution in [1.82, 2.24) is 10.3 Å². The van der Waals surface area contributed by atoms with Crippen LogP contribution in [0.15, 0.2) is 18.3 Å². The van der Waals surface area contributed by atoms with E-state index < -0.39 is 17.2 Å². The van der Waals surface area contributed by atoms with E-state index in [1.54, 1.807) is 12.3 Å². The van der Waals surface area contributed by atoms with E-state index in [1.807, 2.05) is 40.7 Å². The Balaban J connectivity index is 2.79. The average Bonchev–Trinajstić information content (AvgIpc) is 2.13. The van der Waals surface area contributed by atoms with Gasteiger partial charge in [0, 0.05) is 6.20 Å². The fourth-order valence-electron chi connectivity index (χ4n) is 1.42. The minimum Gasteiger partial charge on any atom is -0.444 e. The molecule has 0 atom stereocenters. The molecule has 1 heterocycles. The molecular weight excluding hydrogens is 252 g/mol. The molecule has 0 aliphatic heterocycles. The Kier molecular flexibility index (Phi) is 4.22. The molecule has 0 spiro atoms. The number of carbonyl (C=O) groups excluding carboxylic acids is 1. The zero-order valence-electron chi connectivity index (χ0n) is 11.4. The zero-order chi connectivity index (χ0) is 14.0. The van der Waals surface area contributed by atoms with Gasteiger partial charge in [-0.2, -0.15) is 0 Å². The van der Waals surface area contributed by atoms with E-state index in [9.17, 15) is 4.79 Å². The highest BCUT2D eigenvalue weighted by molar-refractivity contribution is 6.29. The van der Waals surface area contributed by atoms with Gasteiger partial charge in [-0.1, -0.05) is 11.6 Å². The van der Waals surface area contributed by atoms with Crippen molar-refractivity contribution < 1.29 is 9.53 Å². The summed E-state index contributed by atoms with van der Waals surface area (Å²) in [4.78, 5) is 15.7. The Hall–Kier alpha value is -1.29. The largest absolute Gasteiger partial charge is 0.444 e. The number of rotatable bonds is 2. The van der Waals surface area contributed by atoms with Crippen LogP contribution in [0.1, 0.15) is 40.2 Å². The van der Waals surface area contributed by atoms with Crippen LogP contribution in [0.5, 0.6) is 0 Å². The van der Waals surface area contributed by atoms with Crippen molar-refractivity contribution in [2.24, 2.45) is 0 Å². The van der Waals surface area contributed by atoms with Crippen LogP contribution in [-0.4, -0.2) is 16.7 Å². The summed E-state index contributed by atoms with van der Waals surface area (Å²) in [7, 11) is 0. The number of nitrogens with one attached hydrogen (secondary N) is 1. The molecular formula is C13H19ClN2O2. The van der Waals surface area contributed by atoms with E-state index >= 15 is 0 Å². The van der Waals surface area contributed by atoms with Crippen LogP contribution < -0.4 is 5.32 Å². The van der Waals surface area contributed by atoms with E-state index in [4.69, 9.17) is 16.3 Å². The first-order valence-electron chi connectivity index (χ1n) is 5.73. The molecule has 4 nitrogen and oxygen atoms in total. The van der Waals surface area contributed by atoms with Crippen LogP contribution in [-0.2, 0) is 10.3 Å². The topological polar surface area (TPSA) is 51.2 Å². The maximum Gasteiger partial charge on any atom is 0.408 e. The highest BCUT2D eigenvalue weighted by atomic mass is 35.5. The molecule has 0 unspecified atom stereocenters. The lowest BCUT2D eigenvalue weighted by atomic mass is 9.96. The molecule has 1 rings (SSSR count). The number of hydrogen-bond donors (Lipinski definition) is 1. The van der Waals surface area contributed by atoms with Gasteiger partial charge in [-0.05, 0) is 52.3 Å². The third-order valence-corrected chi connectivity index (χ3v) is 2.47. The molecule has 100 valence electrons. The molecule has 0 aliphatic rings. The highest BCUT2D eigenvalue weighted by Gasteiger charge is 2.26. The van der Waals surface area contributed by atoms with Gasteiger partial charge in [0.25, 0.3) is 0 Å². The van der Waals surface area contributed by atoms with Crippen LogP contribution in [0.2, 0.25) is 5.15 Å². The molecule has 0 fully saturated rings. The minimum absolute atomic E-state index is 0.395. The van der Waals surface area contributed by atoms with Gasteiger partial charge in [-0.25, -0.2) is 9.78 Å². The van der Waals surface area contributed by atoms with E-state index in [0.717, 1.165) is 5.56 Å². The monoisotopic (exact) mass is 270 g/mol. The third kappa shape index (κ3) is 4.53. The number of amides is 1. The first-order chi connectivity index (χ1) is 8.10. The Morgan fingerprint density at radius 2 is 1.94 bits per heavy atom. The van der Waals surface area contributed by atoms with Crippen molar-refractivity contribution in [3.05, 3.63) is 29.0 Å². The summed E-state index contributed by atoms with van der Waals surface area (Å²) < 4.78 is 5.23. The van der Waals surface area contributed by atoms with Crippen molar-refractivity contribution in [2.45, 2.75) is 45.8 Å². The lowest BCUT2D eigenvalue weighted by Gasteiger charge is -2.29. The highest BCUT2D eigenvalue weighted by Crippen LogP contribution is 2.22. The van der Waals surface area contributed by atoms with Gasteiger partial charge >= 0.3 is 6.09 Å². The zero-order valence-corrected chi connectivity index (χ0v) is 12.1. The maximum absolute atomic E-state index is 11.8. The molecule has 18 heavy (non-hydrogen) atoms. The standard InChI is InChI=1S/C13H19ClN2O2/c1-12(2,3)18-11(17)16-13(4,5)9-6-7-15-10(14)8-9/h6-8H,1-5H3,(H,16,17). The number of nitrogens with zero attached hydrogens (tertiary/aromatic N) is 1. The first-order valence-corrected chi connectivity index (χ1v) is 6.11. The van der Waals surface area contributed by atoms with Crippen molar-refractivity contribution in [2.75, 3.05) is 0 Å². The van der Waals surface area contributed by atoms with Crippen molar-refractivity contribution in [3.8, 4) is 0 Å². The second-order valence-electron chi connectivity index (χ2n) is 5.62. The molecule has 0 saturated carbocycles. The lowest BCUT2D eigenvalue weighted by molar-refractivity contribution is 0.0470. The molecule has 1 aromatic rings. The Morgan fingerprint density at radius 1 is 1.33 bits per heavy atom. The van der Waals surface area contributed by atoms with Gasteiger partial charge in [0.15, 0.2) is 0 Å². The number of aromatic nitrogens is 1. The predicted molar refractivity (Wildman–Crippen MR) is 71.6 cm³/mol. The lowest BCUT2D eigenvalue weighted by Crippen LogP contribution is -2.43. The molecule has 0 saturated heterocycles. The average molecular weight is 271 g/mol. The number of ether oxygens (including phenoxy) is 1. The van der Waals surface area contributed by atoms with Gasteiger partial charge < -0.3 is 10.1 Å². The van der Waals surface area contributed by atoms with Gasteiger partial charge in [0.05, 0.1) is 5.54 Å². The van der Waals surface area contributed by atoms with Crippen LogP contribution in [0.4, 0.5) is 4.79 Å². The fraction of sp³-hybridized carbons (Fsp3) is 0.538. The Labute approximate surface area is 113 Å². The number of pyridine rings is 1. The fourth-order valence-corrected chi connectivity index (χ4v) is 1.60. The summed E-state index contributed by atoms with van der Waals surface area (Å²) >= 11 is 5.84. The summed E-state index contributed by atoms with van der Waals surface area (Å²) in [6.45, 7) is 9.22. The van der Waals surface area contributed by atoms with E-state index in [0.29, 0.717) is 5.15 Å². The smallest absolute Gasteiger partial charge is 0.408 e. The number of hydrogen-bond acceptors (Lipinski definition) is 3. The third-order valence-electron chi connectivity index (χ3n) is 2.26. The molecule has 5 heteroatoms. The minimum atomic E-state index is -0.574. The molecule has 0 radical (unpaired) electrons. The molecule has 0 aromatic carbocycles. The Morgan fingerprint density at radius 3 is 2.44 bits per heavy atom. The first kappa shape index (κ1) is 14.8. The Bertz CT molecular complexity index is 439. The number of halogens is 1. The van der Waals surface area contributed by atoms with Crippen molar-refractivity contribution >= 4 is 17.7 Å². The van der Waals surface area contributed by atoms with Crippen LogP contribution in [0.3, 0.4) is 0 Å². The normalized spacial score (nSPS) is 12.1. The SMILES string of the molecule is CC(C)(C)OC(=O)NC(C)(C)c1ccnc(Cl)c1. The van der Waals surface area contributed by atoms with Crippen molar-refractivity contribution in [1.29, 1.82) is 0 Å². The molecule has 1 N–H and O–H groups in total. The van der Waals surface area contributed by atoms with E-state index in [2.05, 4.69) is 10.3 Å². The summed E-state index contributed by atoms with van der Waals surface area (Å²) in [5, 5.41) is 3.20. The maximum atomic E-state index is 11.8. The molecule has 1 aromatic heterocycles. The second kappa shape index (κ2) is 5.14. The molecule has 1 amide bonds.